The van der Waals surface area contributed by atoms with E-state index < -0.39 is 0 Å². The number of carbonyl (C=O) groups is 1. The number of hydrogen-bond donors (Lipinski definition) is 0. The van der Waals surface area contributed by atoms with Gasteiger partial charge in [0.1, 0.15) is 0 Å². The van der Waals surface area contributed by atoms with Crippen LogP contribution in [0.25, 0.3) is 21.8 Å². The highest BCUT2D eigenvalue weighted by Crippen LogP contribution is 2.30. The number of nitrogens with zero attached hydrogens (tertiary/aromatic N) is 3. The van der Waals surface area contributed by atoms with Gasteiger partial charge >= 0.3 is 6.09 Å². The van der Waals surface area contributed by atoms with Crippen molar-refractivity contribution in [3.63, 3.8) is 0 Å². The standard InChI is InChI=1S/C22H27N3O2/c1-3-25-20-8-6-5-7-18(20)19-15-17(9-10-21(19)25)16-23-11-13-24(14-12-23)22(26)27-4-2/h5-10,15H,3-4,11-14,16H2,1-2H3. The first-order valence-electron chi connectivity index (χ1n) is 9.85. The predicted octanol–water partition coefficient (Wildman–Crippen LogP) is 4.09. The molecule has 0 N–H and O–H groups in total. The summed E-state index contributed by atoms with van der Waals surface area (Å²) in [5.74, 6) is 0. The molecule has 0 bridgehead atoms. The van der Waals surface area contributed by atoms with Gasteiger partial charge in [0.25, 0.3) is 0 Å². The molecule has 5 nitrogen and oxygen atoms in total. The Balaban J connectivity index is 1.52. The number of aryl methyl sites for hydroxylation is 1. The minimum atomic E-state index is -0.189. The first kappa shape index (κ1) is 17.9. The number of amides is 1. The average molecular weight is 365 g/mol. The zero-order valence-electron chi connectivity index (χ0n) is 16.1. The van der Waals surface area contributed by atoms with Crippen molar-refractivity contribution in [2.24, 2.45) is 0 Å². The highest BCUT2D eigenvalue weighted by atomic mass is 16.6. The molecule has 0 atom stereocenters. The van der Waals surface area contributed by atoms with E-state index >= 15 is 0 Å². The number of hydrogen-bond acceptors (Lipinski definition) is 3. The van der Waals surface area contributed by atoms with E-state index in [1.165, 1.54) is 27.4 Å². The molecule has 1 fully saturated rings. The van der Waals surface area contributed by atoms with Crippen molar-refractivity contribution in [1.82, 2.24) is 14.4 Å². The van der Waals surface area contributed by atoms with Crippen molar-refractivity contribution in [3.05, 3.63) is 48.0 Å². The Morgan fingerprint density at radius 1 is 0.963 bits per heavy atom. The van der Waals surface area contributed by atoms with Gasteiger partial charge < -0.3 is 14.2 Å². The Morgan fingerprint density at radius 3 is 2.44 bits per heavy atom. The smallest absolute Gasteiger partial charge is 0.409 e. The summed E-state index contributed by atoms with van der Waals surface area (Å²) in [5, 5.41) is 2.65. The molecular formula is C22H27N3O2. The van der Waals surface area contributed by atoms with Crippen molar-refractivity contribution in [1.29, 1.82) is 0 Å². The normalized spacial score (nSPS) is 15.6. The molecule has 27 heavy (non-hydrogen) atoms. The van der Waals surface area contributed by atoms with Crippen LogP contribution in [-0.2, 0) is 17.8 Å². The number of ether oxygens (including phenoxy) is 1. The monoisotopic (exact) mass is 365 g/mol. The van der Waals surface area contributed by atoms with Crippen LogP contribution < -0.4 is 0 Å². The number of fused-ring (bicyclic) bond motifs is 3. The zero-order chi connectivity index (χ0) is 18.8. The van der Waals surface area contributed by atoms with E-state index in [2.05, 4.69) is 58.9 Å². The number of para-hydroxylation sites is 1. The summed E-state index contributed by atoms with van der Waals surface area (Å²) < 4.78 is 7.48. The lowest BCUT2D eigenvalue weighted by atomic mass is 10.1. The van der Waals surface area contributed by atoms with Gasteiger partial charge in [-0.3, -0.25) is 4.90 Å². The van der Waals surface area contributed by atoms with Crippen LogP contribution in [0.2, 0.25) is 0 Å². The molecule has 3 aromatic rings. The molecule has 142 valence electrons. The maximum absolute atomic E-state index is 11.8. The Morgan fingerprint density at radius 2 is 1.70 bits per heavy atom. The minimum Gasteiger partial charge on any atom is -0.450 e. The second-order valence-corrected chi connectivity index (χ2v) is 7.08. The largest absolute Gasteiger partial charge is 0.450 e. The van der Waals surface area contributed by atoms with Crippen molar-refractivity contribution in [2.45, 2.75) is 26.9 Å². The molecule has 0 saturated carbocycles. The zero-order valence-corrected chi connectivity index (χ0v) is 16.1. The molecule has 1 amide bonds. The summed E-state index contributed by atoms with van der Waals surface area (Å²) in [6.07, 6.45) is -0.189. The third-order valence-corrected chi connectivity index (χ3v) is 5.46. The average Bonchev–Trinajstić information content (AvgIpc) is 3.02. The van der Waals surface area contributed by atoms with E-state index in [4.69, 9.17) is 4.74 Å². The summed E-state index contributed by atoms with van der Waals surface area (Å²) in [6.45, 7) is 9.60. The number of carbonyl (C=O) groups excluding carboxylic acids is 1. The molecule has 1 aromatic heterocycles. The molecule has 0 aliphatic carbocycles. The molecular weight excluding hydrogens is 338 g/mol. The van der Waals surface area contributed by atoms with E-state index in [1.807, 2.05) is 6.92 Å². The summed E-state index contributed by atoms with van der Waals surface area (Å²) in [6, 6.07) is 15.5. The first-order valence-corrected chi connectivity index (χ1v) is 9.85. The fourth-order valence-electron chi connectivity index (χ4n) is 4.10. The molecule has 0 radical (unpaired) electrons. The summed E-state index contributed by atoms with van der Waals surface area (Å²) in [5.41, 5.74) is 3.93. The van der Waals surface area contributed by atoms with E-state index in [-0.39, 0.29) is 6.09 Å². The molecule has 2 heterocycles. The van der Waals surface area contributed by atoms with Crippen LogP contribution in [-0.4, -0.2) is 53.2 Å². The first-order chi connectivity index (χ1) is 13.2. The van der Waals surface area contributed by atoms with Gasteiger partial charge in [0.15, 0.2) is 0 Å². The van der Waals surface area contributed by atoms with Crippen LogP contribution in [0.15, 0.2) is 42.5 Å². The van der Waals surface area contributed by atoms with Crippen molar-refractivity contribution < 1.29 is 9.53 Å². The topological polar surface area (TPSA) is 37.7 Å². The Kier molecular flexibility index (Phi) is 5.03. The van der Waals surface area contributed by atoms with Gasteiger partial charge in [0, 0.05) is 61.1 Å². The number of aromatic nitrogens is 1. The molecule has 1 saturated heterocycles. The molecule has 0 spiro atoms. The van der Waals surface area contributed by atoms with E-state index in [0.29, 0.717) is 6.61 Å². The summed E-state index contributed by atoms with van der Waals surface area (Å²) >= 11 is 0. The Labute approximate surface area is 160 Å². The third-order valence-electron chi connectivity index (χ3n) is 5.46. The lowest BCUT2D eigenvalue weighted by Gasteiger charge is -2.34. The van der Waals surface area contributed by atoms with Gasteiger partial charge in [-0.05, 0) is 37.6 Å². The van der Waals surface area contributed by atoms with Crippen LogP contribution in [0, 0.1) is 0 Å². The molecule has 0 unspecified atom stereocenters. The Hall–Kier alpha value is -2.53. The highest BCUT2D eigenvalue weighted by molar-refractivity contribution is 6.08. The van der Waals surface area contributed by atoms with Crippen LogP contribution in [0.4, 0.5) is 4.79 Å². The summed E-state index contributed by atoms with van der Waals surface area (Å²) in [7, 11) is 0. The predicted molar refractivity (Wildman–Crippen MR) is 109 cm³/mol. The third kappa shape index (κ3) is 3.39. The minimum absolute atomic E-state index is 0.189. The maximum Gasteiger partial charge on any atom is 0.409 e. The van der Waals surface area contributed by atoms with Gasteiger partial charge in [-0.15, -0.1) is 0 Å². The molecule has 2 aromatic carbocycles. The molecule has 5 heteroatoms. The number of benzene rings is 2. The van der Waals surface area contributed by atoms with Gasteiger partial charge in [0.2, 0.25) is 0 Å². The SMILES string of the molecule is CCOC(=O)N1CCN(Cc2ccc3c(c2)c2ccccc2n3CC)CC1. The van der Waals surface area contributed by atoms with E-state index in [0.717, 1.165) is 39.3 Å². The van der Waals surface area contributed by atoms with E-state index in [9.17, 15) is 4.79 Å². The van der Waals surface area contributed by atoms with E-state index in [1.54, 1.807) is 4.90 Å². The second-order valence-electron chi connectivity index (χ2n) is 7.08. The van der Waals surface area contributed by atoms with Crippen LogP contribution in [0.3, 0.4) is 0 Å². The lowest BCUT2D eigenvalue weighted by Crippen LogP contribution is -2.48. The van der Waals surface area contributed by atoms with Crippen molar-refractivity contribution in [2.75, 3.05) is 32.8 Å². The highest BCUT2D eigenvalue weighted by Gasteiger charge is 2.22. The van der Waals surface area contributed by atoms with Crippen molar-refractivity contribution in [3.8, 4) is 0 Å². The molecule has 4 rings (SSSR count). The van der Waals surface area contributed by atoms with Crippen LogP contribution in [0.5, 0.6) is 0 Å². The number of rotatable bonds is 4. The summed E-state index contributed by atoms with van der Waals surface area (Å²) in [4.78, 5) is 16.1. The Bertz CT molecular complexity index is 955. The second kappa shape index (κ2) is 7.61. The number of piperazine rings is 1. The molecule has 1 aliphatic rings. The van der Waals surface area contributed by atoms with Gasteiger partial charge in [-0.2, -0.15) is 0 Å². The van der Waals surface area contributed by atoms with Gasteiger partial charge in [-0.25, -0.2) is 4.79 Å². The van der Waals surface area contributed by atoms with Crippen molar-refractivity contribution >= 4 is 27.9 Å². The van der Waals surface area contributed by atoms with Crippen LogP contribution in [0.1, 0.15) is 19.4 Å². The van der Waals surface area contributed by atoms with Gasteiger partial charge in [0.05, 0.1) is 6.61 Å². The maximum atomic E-state index is 11.8. The lowest BCUT2D eigenvalue weighted by molar-refractivity contribution is 0.0778. The van der Waals surface area contributed by atoms with Crippen LogP contribution >= 0.6 is 0 Å². The van der Waals surface area contributed by atoms with Gasteiger partial charge in [-0.1, -0.05) is 24.3 Å². The fraction of sp³-hybridized carbons (Fsp3) is 0.409. The fourth-order valence-corrected chi connectivity index (χ4v) is 4.10. The quantitative estimate of drug-likeness (QED) is 0.699. The molecule has 1 aliphatic heterocycles.